The number of amides is 1. The van der Waals surface area contributed by atoms with Crippen LogP contribution in [0.5, 0.6) is 0 Å². The predicted octanol–water partition coefficient (Wildman–Crippen LogP) is 2.85. The molecular weight excluding hydrogens is 310 g/mol. The molecule has 1 amide bonds. The van der Waals surface area contributed by atoms with Gasteiger partial charge in [0.25, 0.3) is 0 Å². The fourth-order valence-electron chi connectivity index (χ4n) is 3.40. The SMILES string of the molecule is CCN(C(=O)CC(c1ccccc1)C(C)C)C1CCS(=O)(=O)C1. The van der Waals surface area contributed by atoms with E-state index in [0.717, 1.165) is 0 Å². The van der Waals surface area contributed by atoms with Gasteiger partial charge in [-0.05, 0) is 30.7 Å². The second-order valence-electron chi connectivity index (χ2n) is 6.70. The number of carbonyl (C=O) groups excluding carboxylic acids is 1. The van der Waals surface area contributed by atoms with Gasteiger partial charge in [-0.25, -0.2) is 8.42 Å². The van der Waals surface area contributed by atoms with Crippen LogP contribution in [0.1, 0.15) is 45.1 Å². The average molecular weight is 337 g/mol. The molecule has 0 aromatic heterocycles. The van der Waals surface area contributed by atoms with E-state index in [1.165, 1.54) is 5.56 Å². The van der Waals surface area contributed by atoms with Crippen LogP contribution in [0.2, 0.25) is 0 Å². The van der Waals surface area contributed by atoms with Crippen molar-refractivity contribution in [3.05, 3.63) is 35.9 Å². The normalized spacial score (nSPS) is 21.3. The first kappa shape index (κ1) is 18.0. The quantitative estimate of drug-likeness (QED) is 0.802. The van der Waals surface area contributed by atoms with Gasteiger partial charge in [0.2, 0.25) is 5.91 Å². The number of nitrogens with zero attached hydrogens (tertiary/aromatic N) is 1. The summed E-state index contributed by atoms with van der Waals surface area (Å²) in [5.41, 5.74) is 1.17. The Hall–Kier alpha value is -1.36. The standard InChI is InChI=1S/C18H27NO3S/c1-4-19(16-10-11-23(21,22)13-16)18(20)12-17(14(2)3)15-8-6-5-7-9-15/h5-9,14,16-17H,4,10-13H2,1-3H3. The lowest BCUT2D eigenvalue weighted by Gasteiger charge is -2.30. The minimum atomic E-state index is -2.97. The highest BCUT2D eigenvalue weighted by Gasteiger charge is 2.34. The molecule has 23 heavy (non-hydrogen) atoms. The lowest BCUT2D eigenvalue weighted by Crippen LogP contribution is -2.41. The molecular formula is C18H27NO3S. The molecule has 1 aromatic rings. The minimum absolute atomic E-state index is 0.0668. The predicted molar refractivity (Wildman–Crippen MR) is 93.1 cm³/mol. The van der Waals surface area contributed by atoms with Gasteiger partial charge in [-0.1, -0.05) is 44.2 Å². The van der Waals surface area contributed by atoms with Gasteiger partial charge in [0.1, 0.15) is 0 Å². The topological polar surface area (TPSA) is 54.5 Å². The van der Waals surface area contributed by atoms with Crippen LogP contribution < -0.4 is 0 Å². The van der Waals surface area contributed by atoms with Crippen molar-refractivity contribution in [3.8, 4) is 0 Å². The van der Waals surface area contributed by atoms with E-state index in [1.54, 1.807) is 4.90 Å². The molecule has 0 radical (unpaired) electrons. The van der Waals surface area contributed by atoms with Crippen molar-refractivity contribution in [2.75, 3.05) is 18.1 Å². The maximum Gasteiger partial charge on any atom is 0.223 e. The van der Waals surface area contributed by atoms with Crippen molar-refractivity contribution in [1.82, 2.24) is 4.90 Å². The highest BCUT2D eigenvalue weighted by molar-refractivity contribution is 7.91. The molecule has 5 heteroatoms. The van der Waals surface area contributed by atoms with E-state index >= 15 is 0 Å². The monoisotopic (exact) mass is 337 g/mol. The third kappa shape index (κ3) is 4.56. The van der Waals surface area contributed by atoms with Crippen LogP contribution in [0.4, 0.5) is 0 Å². The minimum Gasteiger partial charge on any atom is -0.339 e. The lowest BCUT2D eigenvalue weighted by molar-refractivity contribution is -0.133. The first-order valence-electron chi connectivity index (χ1n) is 8.39. The highest BCUT2D eigenvalue weighted by Crippen LogP contribution is 2.29. The van der Waals surface area contributed by atoms with E-state index in [4.69, 9.17) is 0 Å². The summed E-state index contributed by atoms with van der Waals surface area (Å²) in [6, 6.07) is 9.95. The number of sulfone groups is 1. The Balaban J connectivity index is 2.11. The maximum atomic E-state index is 12.8. The molecule has 2 rings (SSSR count). The summed E-state index contributed by atoms with van der Waals surface area (Å²) in [4.78, 5) is 14.6. The molecule has 1 aliphatic heterocycles. The van der Waals surface area contributed by atoms with E-state index in [-0.39, 0.29) is 29.4 Å². The van der Waals surface area contributed by atoms with Crippen LogP contribution in [0.25, 0.3) is 0 Å². The molecule has 0 N–H and O–H groups in total. The Kier molecular flexibility index (Phi) is 5.84. The molecule has 1 fully saturated rings. The van der Waals surface area contributed by atoms with Crippen molar-refractivity contribution in [1.29, 1.82) is 0 Å². The van der Waals surface area contributed by atoms with Gasteiger partial charge >= 0.3 is 0 Å². The number of hydrogen-bond donors (Lipinski definition) is 0. The lowest BCUT2D eigenvalue weighted by atomic mass is 9.85. The number of hydrogen-bond acceptors (Lipinski definition) is 3. The molecule has 128 valence electrons. The molecule has 1 heterocycles. The molecule has 0 bridgehead atoms. The second kappa shape index (κ2) is 7.47. The summed E-state index contributed by atoms with van der Waals surface area (Å²) in [6.45, 7) is 6.75. The van der Waals surface area contributed by atoms with Gasteiger partial charge in [-0.2, -0.15) is 0 Å². The van der Waals surface area contributed by atoms with E-state index in [0.29, 0.717) is 25.3 Å². The number of benzene rings is 1. The Morgan fingerprint density at radius 1 is 1.26 bits per heavy atom. The summed E-state index contributed by atoms with van der Waals surface area (Å²) in [6.07, 6.45) is 1.01. The van der Waals surface area contributed by atoms with Crippen molar-refractivity contribution < 1.29 is 13.2 Å². The van der Waals surface area contributed by atoms with Crippen LogP contribution in [0.15, 0.2) is 30.3 Å². The van der Waals surface area contributed by atoms with Gasteiger partial charge in [0.15, 0.2) is 9.84 Å². The molecule has 0 aliphatic carbocycles. The van der Waals surface area contributed by atoms with E-state index in [2.05, 4.69) is 26.0 Å². The van der Waals surface area contributed by atoms with Crippen molar-refractivity contribution in [2.45, 2.75) is 45.6 Å². The van der Waals surface area contributed by atoms with Gasteiger partial charge in [0.05, 0.1) is 11.5 Å². The third-order valence-corrected chi connectivity index (χ3v) is 6.49. The second-order valence-corrected chi connectivity index (χ2v) is 8.93. The van der Waals surface area contributed by atoms with Crippen LogP contribution in [0, 0.1) is 5.92 Å². The van der Waals surface area contributed by atoms with Crippen molar-refractivity contribution in [3.63, 3.8) is 0 Å². The van der Waals surface area contributed by atoms with Crippen molar-refractivity contribution in [2.24, 2.45) is 5.92 Å². The third-order valence-electron chi connectivity index (χ3n) is 4.74. The fourth-order valence-corrected chi connectivity index (χ4v) is 5.13. The van der Waals surface area contributed by atoms with E-state index in [1.807, 2.05) is 25.1 Å². The summed E-state index contributed by atoms with van der Waals surface area (Å²) in [5, 5.41) is 0. The zero-order valence-electron chi connectivity index (χ0n) is 14.2. The molecule has 2 unspecified atom stereocenters. The first-order valence-corrected chi connectivity index (χ1v) is 10.2. The molecule has 1 saturated heterocycles. The first-order chi connectivity index (χ1) is 10.8. The fraction of sp³-hybridized carbons (Fsp3) is 0.611. The zero-order chi connectivity index (χ0) is 17.0. The Bertz CT molecular complexity index is 625. The number of rotatable bonds is 6. The molecule has 0 spiro atoms. The zero-order valence-corrected chi connectivity index (χ0v) is 15.1. The summed E-state index contributed by atoms with van der Waals surface area (Å²) in [7, 11) is -2.97. The Labute approximate surface area is 139 Å². The van der Waals surface area contributed by atoms with E-state index < -0.39 is 9.84 Å². The maximum absolute atomic E-state index is 12.8. The summed E-state index contributed by atoms with van der Waals surface area (Å²) >= 11 is 0. The van der Waals surface area contributed by atoms with Gasteiger partial charge in [-0.3, -0.25) is 4.79 Å². The van der Waals surface area contributed by atoms with Crippen LogP contribution in [-0.2, 0) is 14.6 Å². The molecule has 2 atom stereocenters. The molecule has 1 aliphatic rings. The smallest absolute Gasteiger partial charge is 0.223 e. The Morgan fingerprint density at radius 2 is 1.91 bits per heavy atom. The number of carbonyl (C=O) groups is 1. The molecule has 4 nitrogen and oxygen atoms in total. The van der Waals surface area contributed by atoms with Gasteiger partial charge in [0, 0.05) is 19.0 Å². The van der Waals surface area contributed by atoms with Crippen LogP contribution >= 0.6 is 0 Å². The van der Waals surface area contributed by atoms with Gasteiger partial charge < -0.3 is 4.90 Å². The van der Waals surface area contributed by atoms with Crippen LogP contribution in [-0.4, -0.2) is 43.3 Å². The Morgan fingerprint density at radius 3 is 2.39 bits per heavy atom. The van der Waals surface area contributed by atoms with Crippen molar-refractivity contribution >= 4 is 15.7 Å². The average Bonchev–Trinajstić information content (AvgIpc) is 2.86. The largest absolute Gasteiger partial charge is 0.339 e. The molecule has 0 saturated carbocycles. The summed E-state index contributed by atoms with van der Waals surface area (Å²) in [5.74, 6) is 0.901. The molecule has 1 aromatic carbocycles. The highest BCUT2D eigenvalue weighted by atomic mass is 32.2. The van der Waals surface area contributed by atoms with Crippen LogP contribution in [0.3, 0.4) is 0 Å². The van der Waals surface area contributed by atoms with Gasteiger partial charge in [-0.15, -0.1) is 0 Å². The van der Waals surface area contributed by atoms with E-state index in [9.17, 15) is 13.2 Å². The summed E-state index contributed by atoms with van der Waals surface area (Å²) < 4.78 is 23.4.